The van der Waals surface area contributed by atoms with Crippen LogP contribution in [0.5, 0.6) is 0 Å². The van der Waals surface area contributed by atoms with Crippen molar-refractivity contribution in [2.45, 2.75) is 37.2 Å². The first-order valence-corrected chi connectivity index (χ1v) is 8.44. The molecule has 8 heteroatoms. The monoisotopic (exact) mass is 337 g/mol. The molecule has 2 rings (SSSR count). The summed E-state index contributed by atoms with van der Waals surface area (Å²) in [5, 5.41) is 18.2. The highest BCUT2D eigenvalue weighted by molar-refractivity contribution is 7.98. The molecule has 23 heavy (non-hydrogen) atoms. The van der Waals surface area contributed by atoms with Crippen molar-refractivity contribution < 1.29 is 14.9 Å². The van der Waals surface area contributed by atoms with E-state index in [1.165, 1.54) is 18.9 Å². The van der Waals surface area contributed by atoms with Crippen LogP contribution >= 0.6 is 11.8 Å². The van der Waals surface area contributed by atoms with Gasteiger partial charge in [-0.2, -0.15) is 0 Å². The highest BCUT2D eigenvalue weighted by Crippen LogP contribution is 2.27. The van der Waals surface area contributed by atoms with Gasteiger partial charge in [-0.1, -0.05) is 30.0 Å². The molecule has 1 aromatic heterocycles. The Morgan fingerprint density at radius 1 is 1.35 bits per heavy atom. The third-order valence-corrected chi connectivity index (χ3v) is 4.39. The number of thioether (sulfide) groups is 1. The molecule has 0 atom stereocenters. The summed E-state index contributed by atoms with van der Waals surface area (Å²) in [5.41, 5.74) is 1.36. The van der Waals surface area contributed by atoms with Gasteiger partial charge >= 0.3 is 5.69 Å². The zero-order chi connectivity index (χ0) is 16.7. The number of aromatic nitrogens is 3. The number of hydrogen-bond acceptors (Lipinski definition) is 6. The molecule has 1 heterocycles. The molecule has 0 amide bonds. The molecule has 0 radical (unpaired) electrons. The Hall–Kier alpha value is -1.93. The van der Waals surface area contributed by atoms with Crippen molar-refractivity contribution in [3.8, 4) is 0 Å². The molecule has 7 nitrogen and oxygen atoms in total. The van der Waals surface area contributed by atoms with E-state index in [-0.39, 0.29) is 6.61 Å². The summed E-state index contributed by atoms with van der Waals surface area (Å²) >= 11 is 1.53. The minimum atomic E-state index is 0.142. The Kier molecular flexibility index (Phi) is 6.54. The van der Waals surface area contributed by atoms with Gasteiger partial charge in [0, 0.05) is 37.0 Å². The Bertz CT molecular complexity index is 660. The summed E-state index contributed by atoms with van der Waals surface area (Å²) in [4.78, 5) is 17.0. The fraction of sp³-hybridized carbons (Fsp3) is 0.467. The van der Waals surface area contributed by atoms with Crippen LogP contribution < -0.4 is 0 Å². The minimum absolute atomic E-state index is 0.142. The summed E-state index contributed by atoms with van der Waals surface area (Å²) in [6, 6.07) is 7.31. The number of nitrogens with zero attached hydrogens (tertiary/aromatic N) is 4. The van der Waals surface area contributed by atoms with Crippen molar-refractivity contribution in [1.29, 1.82) is 0 Å². The lowest BCUT2D eigenvalue weighted by atomic mass is 10.2. The summed E-state index contributed by atoms with van der Waals surface area (Å²) < 4.78 is 2.04. The molecule has 0 saturated heterocycles. The van der Waals surface area contributed by atoms with Gasteiger partial charge in [-0.05, 0) is 13.3 Å². The van der Waals surface area contributed by atoms with Crippen molar-refractivity contribution in [1.82, 2.24) is 14.8 Å². The van der Waals surface area contributed by atoms with Gasteiger partial charge in [0.05, 0.1) is 4.91 Å². The first kappa shape index (κ1) is 17.4. The van der Waals surface area contributed by atoms with Crippen LogP contribution in [0.2, 0.25) is 0 Å². The third-order valence-electron chi connectivity index (χ3n) is 3.38. The highest BCUT2D eigenvalue weighted by atomic mass is 32.2. The van der Waals surface area contributed by atoms with E-state index in [0.717, 1.165) is 23.1 Å². The molecule has 0 bridgehead atoms. The second-order valence-corrected chi connectivity index (χ2v) is 5.77. The van der Waals surface area contributed by atoms with Crippen molar-refractivity contribution >= 4 is 17.4 Å². The average molecular weight is 337 g/mol. The predicted molar refractivity (Wildman–Crippen MR) is 87.4 cm³/mol. The van der Waals surface area contributed by atoms with Crippen LogP contribution in [0.15, 0.2) is 29.4 Å². The molecule has 124 valence electrons. The maximum atomic E-state index is 11.7. The second kappa shape index (κ2) is 8.64. The molecule has 0 aliphatic rings. The normalized spacial score (nSPS) is 10.7. The third kappa shape index (κ3) is 4.29. The van der Waals surface area contributed by atoms with E-state index < -0.39 is 0 Å². The second-order valence-electron chi connectivity index (χ2n) is 4.83. The molecule has 2 aromatic rings. The first-order chi connectivity index (χ1) is 11.2. The first-order valence-electron chi connectivity index (χ1n) is 7.46. The largest absolute Gasteiger partial charge is 0.396 e. The number of aryl methyl sites for hydroxylation is 1. The standard InChI is InChI=1S/C15H21N4O3S/c1-3-18-14(9-6-10-20)16-17-15(18)23-11-12-7-4-5-8-13(12)19(21)22-2/h4-5,7-8,20H,3,6,9-11H2,1-2H3/q+1. The van der Waals surface area contributed by atoms with Crippen molar-refractivity contribution in [2.24, 2.45) is 0 Å². The van der Waals surface area contributed by atoms with Crippen molar-refractivity contribution in [2.75, 3.05) is 13.7 Å². The molecule has 0 unspecified atom stereocenters. The van der Waals surface area contributed by atoms with Gasteiger partial charge in [-0.3, -0.25) is 0 Å². The average Bonchev–Trinajstić information content (AvgIpc) is 2.99. The van der Waals surface area contributed by atoms with E-state index >= 15 is 0 Å². The van der Waals surface area contributed by atoms with Gasteiger partial charge in [-0.15, -0.1) is 10.2 Å². The van der Waals surface area contributed by atoms with Crippen molar-refractivity contribution in [3.63, 3.8) is 0 Å². The molecule has 1 N–H and O–H groups in total. The van der Waals surface area contributed by atoms with Crippen LogP contribution in [0.25, 0.3) is 0 Å². The van der Waals surface area contributed by atoms with Crippen LogP contribution in [0.3, 0.4) is 0 Å². The Morgan fingerprint density at radius 3 is 2.83 bits per heavy atom. The van der Waals surface area contributed by atoms with E-state index in [2.05, 4.69) is 10.2 Å². The van der Waals surface area contributed by atoms with Gasteiger partial charge in [0.15, 0.2) is 12.3 Å². The van der Waals surface area contributed by atoms with Crippen LogP contribution in [0.1, 0.15) is 24.7 Å². The molecular formula is C15H21N4O3S+. The van der Waals surface area contributed by atoms with Gasteiger partial charge in [0.25, 0.3) is 4.92 Å². The fourth-order valence-corrected chi connectivity index (χ4v) is 3.23. The molecule has 0 spiro atoms. The Morgan fingerprint density at radius 2 is 2.13 bits per heavy atom. The maximum absolute atomic E-state index is 11.7. The van der Waals surface area contributed by atoms with E-state index in [1.807, 2.05) is 23.6 Å². The van der Waals surface area contributed by atoms with Gasteiger partial charge < -0.3 is 9.67 Å². The van der Waals surface area contributed by atoms with E-state index in [1.54, 1.807) is 12.1 Å². The lowest BCUT2D eigenvalue weighted by Gasteiger charge is -2.06. The number of aliphatic hydroxyl groups excluding tert-OH is 1. The molecule has 0 fully saturated rings. The number of rotatable bonds is 9. The molecular weight excluding hydrogens is 316 g/mol. The van der Waals surface area contributed by atoms with Gasteiger partial charge in [0.1, 0.15) is 5.82 Å². The molecule has 0 saturated carbocycles. The Labute approximate surface area is 139 Å². The van der Waals surface area contributed by atoms with Crippen LogP contribution in [0, 0.1) is 4.91 Å². The Balaban J connectivity index is 2.12. The summed E-state index contributed by atoms with van der Waals surface area (Å²) in [6.45, 7) is 2.94. The van der Waals surface area contributed by atoms with Crippen molar-refractivity contribution in [3.05, 3.63) is 40.6 Å². The van der Waals surface area contributed by atoms with E-state index in [0.29, 0.717) is 29.2 Å². The lowest BCUT2D eigenvalue weighted by Crippen LogP contribution is -2.05. The summed E-state index contributed by atoms with van der Waals surface area (Å²) in [6.07, 6.45) is 1.37. The van der Waals surface area contributed by atoms with E-state index in [4.69, 9.17) is 9.94 Å². The number of hydrogen-bond donors (Lipinski definition) is 1. The molecule has 0 aliphatic heterocycles. The number of benzene rings is 1. The van der Waals surface area contributed by atoms with Gasteiger partial charge in [-0.25, -0.2) is 4.84 Å². The quantitative estimate of drug-likeness (QED) is 0.559. The lowest BCUT2D eigenvalue weighted by molar-refractivity contribution is -0.737. The van der Waals surface area contributed by atoms with Crippen LogP contribution in [-0.2, 0) is 23.6 Å². The summed E-state index contributed by atoms with van der Waals surface area (Å²) in [5.74, 6) is 1.47. The number of para-hydroxylation sites is 1. The van der Waals surface area contributed by atoms with Gasteiger partial charge in [0.2, 0.25) is 0 Å². The minimum Gasteiger partial charge on any atom is -0.396 e. The number of aliphatic hydroxyl groups is 1. The van der Waals surface area contributed by atoms with Crippen LogP contribution in [0.4, 0.5) is 5.69 Å². The highest BCUT2D eigenvalue weighted by Gasteiger charge is 2.20. The SMILES string of the molecule is CCn1c(CCCO)nnc1SCc1ccccc1[N+](=O)OC. The molecule has 0 aliphatic carbocycles. The smallest absolute Gasteiger partial charge is 0.320 e. The predicted octanol–water partition coefficient (Wildman–Crippen LogP) is 2.49. The zero-order valence-electron chi connectivity index (χ0n) is 13.3. The molecule has 1 aromatic carbocycles. The van der Waals surface area contributed by atoms with E-state index in [9.17, 15) is 4.91 Å². The zero-order valence-corrected chi connectivity index (χ0v) is 14.1. The summed E-state index contributed by atoms with van der Waals surface area (Å²) in [7, 11) is 1.35. The van der Waals surface area contributed by atoms with Crippen LogP contribution in [-0.4, -0.2) is 38.5 Å². The topological polar surface area (TPSA) is 80.2 Å². The maximum Gasteiger partial charge on any atom is 0.320 e. The fourth-order valence-electron chi connectivity index (χ4n) is 2.22.